The Kier molecular flexibility index (Phi) is 4.16. The maximum Gasteiger partial charge on any atom is 0.410 e. The second-order valence-electron chi connectivity index (χ2n) is 9.87. The van der Waals surface area contributed by atoms with E-state index in [4.69, 9.17) is 14.2 Å². The lowest BCUT2D eigenvalue weighted by Gasteiger charge is -2.49. The molecular formula is C19H31N3O3. The highest BCUT2D eigenvalue weighted by Gasteiger charge is 2.54. The molecule has 6 nitrogen and oxygen atoms in total. The van der Waals surface area contributed by atoms with Crippen LogP contribution in [0.1, 0.15) is 78.9 Å². The lowest BCUT2D eigenvalue weighted by atomic mass is 9.64. The first-order valence-electron chi connectivity index (χ1n) is 9.24. The third-order valence-corrected chi connectivity index (χ3v) is 5.53. The Morgan fingerprint density at radius 3 is 2.36 bits per heavy atom. The van der Waals surface area contributed by atoms with Crippen LogP contribution in [-0.4, -0.2) is 39.8 Å². The minimum Gasteiger partial charge on any atom is -0.444 e. The first kappa shape index (κ1) is 18.2. The van der Waals surface area contributed by atoms with E-state index in [9.17, 15) is 4.79 Å². The van der Waals surface area contributed by atoms with E-state index < -0.39 is 5.60 Å². The second-order valence-corrected chi connectivity index (χ2v) is 9.87. The Bertz CT molecular complexity index is 643. The highest BCUT2D eigenvalue weighted by atomic mass is 16.6. The van der Waals surface area contributed by atoms with E-state index in [2.05, 4.69) is 32.9 Å². The maximum absolute atomic E-state index is 12.3. The summed E-state index contributed by atoms with van der Waals surface area (Å²) in [4.78, 5) is 18.7. The van der Waals surface area contributed by atoms with Crippen LogP contribution in [0.2, 0.25) is 0 Å². The Morgan fingerprint density at radius 1 is 1.28 bits per heavy atom. The molecule has 1 aromatic heterocycles. The molecule has 25 heavy (non-hydrogen) atoms. The lowest BCUT2D eigenvalue weighted by molar-refractivity contribution is -0.0292. The third-order valence-electron chi connectivity index (χ3n) is 5.53. The number of likely N-dealkylation sites (tertiary alicyclic amines) is 1. The van der Waals surface area contributed by atoms with Gasteiger partial charge in [0.1, 0.15) is 5.60 Å². The molecule has 1 aromatic rings. The Morgan fingerprint density at radius 2 is 1.88 bits per heavy atom. The van der Waals surface area contributed by atoms with E-state index in [1.54, 1.807) is 4.90 Å². The highest BCUT2D eigenvalue weighted by Crippen LogP contribution is 2.50. The van der Waals surface area contributed by atoms with E-state index in [0.29, 0.717) is 36.2 Å². The molecule has 0 bridgehead atoms. The average molecular weight is 349 g/mol. The summed E-state index contributed by atoms with van der Waals surface area (Å²) in [7, 11) is 0. The molecule has 0 unspecified atom stereocenters. The van der Waals surface area contributed by atoms with Gasteiger partial charge in [-0.25, -0.2) is 4.79 Å². The SMILES string of the molecule is CC(C)C1(c2nc(C3CC(C)(C)C3)no2)CN(C(=O)OC(C)(C)C)C1. The monoisotopic (exact) mass is 349 g/mol. The van der Waals surface area contributed by atoms with Crippen LogP contribution in [0.3, 0.4) is 0 Å². The Balaban J connectivity index is 1.69. The van der Waals surface area contributed by atoms with Crippen molar-refractivity contribution in [1.29, 1.82) is 0 Å². The summed E-state index contributed by atoms with van der Waals surface area (Å²) in [6.07, 6.45) is 1.93. The minimum atomic E-state index is -0.484. The van der Waals surface area contributed by atoms with Crippen LogP contribution in [0.5, 0.6) is 0 Å². The fourth-order valence-electron chi connectivity index (χ4n) is 3.90. The molecule has 1 saturated carbocycles. The molecule has 0 aromatic carbocycles. The summed E-state index contributed by atoms with van der Waals surface area (Å²) in [5.74, 6) is 2.20. The van der Waals surface area contributed by atoms with Crippen molar-refractivity contribution in [3.8, 4) is 0 Å². The van der Waals surface area contributed by atoms with Crippen molar-refractivity contribution >= 4 is 6.09 Å². The Labute approximate surface area is 150 Å². The van der Waals surface area contributed by atoms with Gasteiger partial charge in [0, 0.05) is 19.0 Å². The fraction of sp³-hybridized carbons (Fsp3) is 0.842. The first-order chi connectivity index (χ1) is 11.4. The average Bonchev–Trinajstić information content (AvgIpc) is 2.81. The predicted octanol–water partition coefficient (Wildman–Crippen LogP) is 4.12. The van der Waals surface area contributed by atoms with Crippen LogP contribution in [0.25, 0.3) is 0 Å². The van der Waals surface area contributed by atoms with E-state index >= 15 is 0 Å². The van der Waals surface area contributed by atoms with Gasteiger partial charge in [-0.3, -0.25) is 0 Å². The summed E-state index contributed by atoms with van der Waals surface area (Å²) >= 11 is 0. The number of amides is 1. The van der Waals surface area contributed by atoms with Gasteiger partial charge in [0.2, 0.25) is 5.89 Å². The molecule has 0 atom stereocenters. The van der Waals surface area contributed by atoms with Crippen LogP contribution in [-0.2, 0) is 10.2 Å². The van der Waals surface area contributed by atoms with Gasteiger partial charge in [-0.2, -0.15) is 4.98 Å². The van der Waals surface area contributed by atoms with Gasteiger partial charge in [0.15, 0.2) is 5.82 Å². The van der Waals surface area contributed by atoms with Crippen molar-refractivity contribution in [2.75, 3.05) is 13.1 Å². The minimum absolute atomic E-state index is 0.262. The standard InChI is InChI=1S/C19H31N3O3/c1-12(2)19(10-22(11-19)16(23)24-17(3,4)5)15-20-14(21-25-15)13-8-18(6,7)9-13/h12-13H,8-11H2,1-7H3. The van der Waals surface area contributed by atoms with Crippen molar-refractivity contribution in [2.24, 2.45) is 11.3 Å². The van der Waals surface area contributed by atoms with Crippen molar-refractivity contribution < 1.29 is 14.1 Å². The van der Waals surface area contributed by atoms with Gasteiger partial charge in [-0.05, 0) is 44.9 Å². The van der Waals surface area contributed by atoms with Crippen LogP contribution >= 0.6 is 0 Å². The molecule has 2 aliphatic rings. The van der Waals surface area contributed by atoms with E-state index in [1.165, 1.54) is 0 Å². The summed E-state index contributed by atoms with van der Waals surface area (Å²) in [5, 5.41) is 4.24. The molecule has 1 amide bonds. The van der Waals surface area contributed by atoms with Crippen LogP contribution in [0, 0.1) is 11.3 Å². The summed E-state index contributed by atoms with van der Waals surface area (Å²) in [5.41, 5.74) is -0.367. The zero-order valence-electron chi connectivity index (χ0n) is 16.5. The number of nitrogens with zero attached hydrogens (tertiary/aromatic N) is 3. The van der Waals surface area contributed by atoms with Gasteiger partial charge in [0.25, 0.3) is 0 Å². The van der Waals surface area contributed by atoms with E-state index in [-0.39, 0.29) is 11.5 Å². The molecule has 1 saturated heterocycles. The summed E-state index contributed by atoms with van der Waals surface area (Å²) in [6, 6.07) is 0. The van der Waals surface area contributed by atoms with Gasteiger partial charge in [-0.15, -0.1) is 0 Å². The van der Waals surface area contributed by atoms with Crippen LogP contribution < -0.4 is 0 Å². The van der Waals surface area contributed by atoms with Gasteiger partial charge < -0.3 is 14.2 Å². The molecule has 2 fully saturated rings. The number of carbonyl (C=O) groups excluding carboxylic acids is 1. The molecule has 0 N–H and O–H groups in total. The van der Waals surface area contributed by atoms with Crippen molar-refractivity contribution in [3.63, 3.8) is 0 Å². The molecule has 1 aliphatic carbocycles. The van der Waals surface area contributed by atoms with Crippen molar-refractivity contribution in [3.05, 3.63) is 11.7 Å². The number of hydrogen-bond acceptors (Lipinski definition) is 5. The van der Waals surface area contributed by atoms with Gasteiger partial charge in [0.05, 0.1) is 5.41 Å². The molecule has 2 heterocycles. The lowest BCUT2D eigenvalue weighted by Crippen LogP contribution is -2.64. The predicted molar refractivity (Wildman–Crippen MR) is 94.4 cm³/mol. The van der Waals surface area contributed by atoms with E-state index in [1.807, 2.05) is 20.8 Å². The molecular weight excluding hydrogens is 318 g/mol. The summed E-state index contributed by atoms with van der Waals surface area (Å²) < 4.78 is 11.1. The topological polar surface area (TPSA) is 68.5 Å². The number of carbonyl (C=O) groups is 1. The van der Waals surface area contributed by atoms with Crippen LogP contribution in [0.15, 0.2) is 4.52 Å². The zero-order valence-corrected chi connectivity index (χ0v) is 16.5. The van der Waals surface area contributed by atoms with Gasteiger partial charge in [-0.1, -0.05) is 32.9 Å². The first-order valence-corrected chi connectivity index (χ1v) is 9.24. The maximum atomic E-state index is 12.3. The van der Waals surface area contributed by atoms with Crippen molar-refractivity contribution in [2.45, 2.75) is 78.2 Å². The largest absolute Gasteiger partial charge is 0.444 e. The molecule has 0 radical (unpaired) electrons. The number of aromatic nitrogens is 2. The van der Waals surface area contributed by atoms with E-state index in [0.717, 1.165) is 18.7 Å². The quantitative estimate of drug-likeness (QED) is 0.821. The molecule has 3 rings (SSSR count). The zero-order chi connectivity index (χ0) is 18.6. The number of ether oxygens (including phenoxy) is 1. The second kappa shape index (κ2) is 5.71. The van der Waals surface area contributed by atoms with Crippen molar-refractivity contribution in [1.82, 2.24) is 15.0 Å². The Hall–Kier alpha value is -1.59. The normalized spacial score (nSPS) is 22.5. The highest BCUT2D eigenvalue weighted by molar-refractivity contribution is 5.70. The summed E-state index contributed by atoms with van der Waals surface area (Å²) in [6.45, 7) is 15.6. The van der Waals surface area contributed by atoms with Crippen LogP contribution in [0.4, 0.5) is 4.79 Å². The molecule has 0 spiro atoms. The number of rotatable bonds is 3. The molecule has 1 aliphatic heterocycles. The fourth-order valence-corrected chi connectivity index (χ4v) is 3.90. The smallest absolute Gasteiger partial charge is 0.410 e. The van der Waals surface area contributed by atoms with Gasteiger partial charge >= 0.3 is 6.09 Å². The number of hydrogen-bond donors (Lipinski definition) is 0. The third kappa shape index (κ3) is 3.40. The molecule has 6 heteroatoms. The molecule has 140 valence electrons.